The van der Waals surface area contributed by atoms with Crippen molar-refractivity contribution in [2.75, 3.05) is 22.9 Å². The normalized spacial score (nSPS) is 14.3. The molecule has 0 saturated heterocycles. The lowest BCUT2D eigenvalue weighted by molar-refractivity contribution is -0.118. The van der Waals surface area contributed by atoms with Crippen LogP contribution in [0, 0.1) is 0 Å². The molecule has 1 unspecified atom stereocenters. The third-order valence-corrected chi connectivity index (χ3v) is 4.93. The number of sulfonamides is 1. The maximum Gasteiger partial charge on any atom is 0.262 e. The molecule has 10 heteroatoms. The van der Waals surface area contributed by atoms with E-state index in [2.05, 4.69) is 15.4 Å². The summed E-state index contributed by atoms with van der Waals surface area (Å²) < 4.78 is 30.4. The average molecular weight is 424 g/mol. The van der Waals surface area contributed by atoms with Gasteiger partial charge in [-0.3, -0.25) is 14.3 Å². The first kappa shape index (κ1) is 20.0. The molecule has 2 amide bonds. The van der Waals surface area contributed by atoms with Crippen molar-refractivity contribution in [2.24, 2.45) is 0 Å². The second-order valence-electron chi connectivity index (χ2n) is 6.36. The molecule has 1 atom stereocenters. The van der Waals surface area contributed by atoms with E-state index < -0.39 is 15.9 Å². The molecule has 0 fully saturated rings. The van der Waals surface area contributed by atoms with Crippen molar-refractivity contribution in [1.82, 2.24) is 5.32 Å². The quantitative estimate of drug-likeness (QED) is 0.683. The topological polar surface area (TPSA) is 114 Å². The summed E-state index contributed by atoms with van der Waals surface area (Å²) >= 11 is 5.98. The molecule has 28 heavy (non-hydrogen) atoms. The van der Waals surface area contributed by atoms with Crippen molar-refractivity contribution in [1.29, 1.82) is 0 Å². The summed E-state index contributed by atoms with van der Waals surface area (Å²) in [5.74, 6) is -0.0804. The van der Waals surface area contributed by atoms with Crippen LogP contribution in [0.15, 0.2) is 36.4 Å². The van der Waals surface area contributed by atoms with Crippen molar-refractivity contribution in [3.63, 3.8) is 0 Å². The molecule has 1 aliphatic rings. The van der Waals surface area contributed by atoms with E-state index in [9.17, 15) is 18.0 Å². The zero-order valence-electron chi connectivity index (χ0n) is 15.1. The van der Waals surface area contributed by atoms with Crippen LogP contribution in [0.3, 0.4) is 0 Å². The van der Waals surface area contributed by atoms with Gasteiger partial charge in [0.15, 0.2) is 6.61 Å². The summed E-state index contributed by atoms with van der Waals surface area (Å²) in [5.41, 5.74) is 1.68. The molecule has 148 valence electrons. The maximum atomic E-state index is 12.6. The molecular formula is C18H18ClN3O5S. The van der Waals surface area contributed by atoms with Gasteiger partial charge in [0.2, 0.25) is 10.0 Å². The molecule has 0 saturated carbocycles. The van der Waals surface area contributed by atoms with Gasteiger partial charge >= 0.3 is 0 Å². The highest BCUT2D eigenvalue weighted by Gasteiger charge is 2.19. The van der Waals surface area contributed by atoms with Gasteiger partial charge in [-0.15, -0.1) is 0 Å². The molecule has 2 aromatic carbocycles. The number of benzene rings is 2. The van der Waals surface area contributed by atoms with Gasteiger partial charge in [0, 0.05) is 5.56 Å². The number of amides is 2. The first-order chi connectivity index (χ1) is 13.1. The van der Waals surface area contributed by atoms with Gasteiger partial charge in [-0.05, 0) is 42.8 Å². The largest absolute Gasteiger partial charge is 0.482 e. The molecule has 0 aliphatic carbocycles. The van der Waals surface area contributed by atoms with Gasteiger partial charge < -0.3 is 15.4 Å². The number of halogens is 1. The molecule has 0 spiro atoms. The average Bonchev–Trinajstić information content (AvgIpc) is 2.61. The Morgan fingerprint density at radius 2 is 2.00 bits per heavy atom. The number of carbonyl (C=O) groups is 2. The van der Waals surface area contributed by atoms with Crippen LogP contribution in [0.1, 0.15) is 28.9 Å². The van der Waals surface area contributed by atoms with Crippen LogP contribution in [0.4, 0.5) is 11.4 Å². The lowest BCUT2D eigenvalue weighted by atomic mass is 10.1. The van der Waals surface area contributed by atoms with Crippen molar-refractivity contribution >= 4 is 44.8 Å². The van der Waals surface area contributed by atoms with Gasteiger partial charge in [0.25, 0.3) is 11.8 Å². The standard InChI is InChI=1S/C18H18ClN3O5S/c1-10(11-4-6-16-15(7-11)21-17(23)9-27-16)20-18(24)12-3-5-13(19)14(8-12)22-28(2,25)26/h3-8,10,22H,9H2,1-2H3,(H,20,24)(H,21,23). The Bertz CT molecular complexity index is 1060. The highest BCUT2D eigenvalue weighted by molar-refractivity contribution is 7.92. The van der Waals surface area contributed by atoms with Gasteiger partial charge in [0.05, 0.1) is 28.7 Å². The van der Waals surface area contributed by atoms with E-state index in [-0.39, 0.29) is 34.8 Å². The second kappa shape index (κ2) is 7.69. The highest BCUT2D eigenvalue weighted by Crippen LogP contribution is 2.31. The van der Waals surface area contributed by atoms with Crippen molar-refractivity contribution < 1.29 is 22.7 Å². The number of rotatable bonds is 5. The Morgan fingerprint density at radius 3 is 2.71 bits per heavy atom. The van der Waals surface area contributed by atoms with E-state index in [4.69, 9.17) is 16.3 Å². The number of ether oxygens (including phenoxy) is 1. The van der Waals surface area contributed by atoms with Crippen LogP contribution in [-0.2, 0) is 14.8 Å². The zero-order valence-corrected chi connectivity index (χ0v) is 16.6. The summed E-state index contributed by atoms with van der Waals surface area (Å²) in [6, 6.07) is 9.18. The monoisotopic (exact) mass is 423 g/mol. The van der Waals surface area contributed by atoms with E-state index in [0.29, 0.717) is 11.4 Å². The predicted octanol–water partition coefficient (Wildman–Crippen LogP) is 2.53. The summed E-state index contributed by atoms with van der Waals surface area (Å²) in [4.78, 5) is 24.0. The Balaban J connectivity index is 1.77. The Morgan fingerprint density at radius 1 is 1.25 bits per heavy atom. The van der Waals surface area contributed by atoms with Gasteiger partial charge in [-0.2, -0.15) is 0 Å². The van der Waals surface area contributed by atoms with Crippen LogP contribution in [-0.4, -0.2) is 33.1 Å². The smallest absolute Gasteiger partial charge is 0.262 e. The lowest BCUT2D eigenvalue weighted by Crippen LogP contribution is -2.28. The fourth-order valence-electron chi connectivity index (χ4n) is 2.68. The number of hydrogen-bond acceptors (Lipinski definition) is 5. The van der Waals surface area contributed by atoms with E-state index in [1.165, 1.54) is 18.2 Å². The summed E-state index contributed by atoms with van der Waals surface area (Å²) in [5, 5.41) is 5.73. The number of nitrogens with one attached hydrogen (secondary N) is 3. The number of fused-ring (bicyclic) bond motifs is 1. The van der Waals surface area contributed by atoms with E-state index in [1.54, 1.807) is 25.1 Å². The van der Waals surface area contributed by atoms with Crippen molar-refractivity contribution in [3.8, 4) is 5.75 Å². The summed E-state index contributed by atoms with van der Waals surface area (Å²) in [7, 11) is -3.53. The number of carbonyl (C=O) groups excluding carboxylic acids is 2. The van der Waals surface area contributed by atoms with Crippen LogP contribution < -0.4 is 20.1 Å². The molecule has 1 aliphatic heterocycles. The Kier molecular flexibility index (Phi) is 5.48. The molecule has 2 aromatic rings. The fraction of sp³-hybridized carbons (Fsp3) is 0.222. The minimum Gasteiger partial charge on any atom is -0.482 e. The predicted molar refractivity (Wildman–Crippen MR) is 106 cm³/mol. The fourth-order valence-corrected chi connectivity index (χ4v) is 3.47. The van der Waals surface area contributed by atoms with Gasteiger partial charge in [-0.1, -0.05) is 17.7 Å². The molecular weight excluding hydrogens is 406 g/mol. The Hall–Kier alpha value is -2.78. The molecule has 0 bridgehead atoms. The SMILES string of the molecule is CC(NC(=O)c1ccc(Cl)c(NS(C)(=O)=O)c1)c1ccc2c(c1)NC(=O)CO2. The molecule has 3 N–H and O–H groups in total. The number of anilines is 2. The Labute approximate surface area is 167 Å². The zero-order chi connectivity index (χ0) is 20.5. The minimum atomic E-state index is -3.53. The number of hydrogen-bond donors (Lipinski definition) is 3. The lowest BCUT2D eigenvalue weighted by Gasteiger charge is -2.21. The van der Waals surface area contributed by atoms with E-state index >= 15 is 0 Å². The first-order valence-corrected chi connectivity index (χ1v) is 10.5. The first-order valence-electron chi connectivity index (χ1n) is 8.27. The van der Waals surface area contributed by atoms with Crippen LogP contribution in [0.5, 0.6) is 5.75 Å². The van der Waals surface area contributed by atoms with Gasteiger partial charge in [0.1, 0.15) is 5.75 Å². The van der Waals surface area contributed by atoms with Crippen molar-refractivity contribution in [2.45, 2.75) is 13.0 Å². The van der Waals surface area contributed by atoms with Crippen LogP contribution in [0.25, 0.3) is 0 Å². The van der Waals surface area contributed by atoms with Gasteiger partial charge in [-0.25, -0.2) is 8.42 Å². The molecule has 0 aromatic heterocycles. The van der Waals surface area contributed by atoms with Crippen LogP contribution in [0.2, 0.25) is 5.02 Å². The third-order valence-electron chi connectivity index (χ3n) is 4.01. The van der Waals surface area contributed by atoms with E-state index in [1.807, 2.05) is 0 Å². The highest BCUT2D eigenvalue weighted by atomic mass is 35.5. The third kappa shape index (κ3) is 4.73. The van der Waals surface area contributed by atoms with E-state index in [0.717, 1.165) is 11.8 Å². The summed E-state index contributed by atoms with van der Waals surface area (Å²) in [6.07, 6.45) is 0.997. The molecule has 1 heterocycles. The van der Waals surface area contributed by atoms with Crippen molar-refractivity contribution in [3.05, 3.63) is 52.5 Å². The maximum absolute atomic E-state index is 12.6. The minimum absolute atomic E-state index is 0.0287. The summed E-state index contributed by atoms with van der Waals surface area (Å²) in [6.45, 7) is 1.76. The second-order valence-corrected chi connectivity index (χ2v) is 8.51. The molecule has 8 nitrogen and oxygen atoms in total. The molecule has 3 rings (SSSR count). The van der Waals surface area contributed by atoms with Crippen LogP contribution >= 0.6 is 11.6 Å². The molecule has 0 radical (unpaired) electrons.